The maximum atomic E-state index is 13.0. The van der Waals surface area contributed by atoms with Crippen molar-refractivity contribution < 1.29 is 23.7 Å². The highest BCUT2D eigenvalue weighted by molar-refractivity contribution is 5.94. The van der Waals surface area contributed by atoms with Crippen LogP contribution in [0.25, 0.3) is 0 Å². The minimum Gasteiger partial charge on any atom is -0.492 e. The van der Waals surface area contributed by atoms with Crippen LogP contribution in [0.5, 0.6) is 17.2 Å². The maximum absolute atomic E-state index is 13.0. The van der Waals surface area contributed by atoms with Crippen LogP contribution in [-0.2, 0) is 16.1 Å². The average molecular weight is 456 g/mol. The predicted molar refractivity (Wildman–Crippen MR) is 128 cm³/mol. The van der Waals surface area contributed by atoms with Gasteiger partial charge < -0.3 is 29.2 Å². The third-order valence-electron chi connectivity index (χ3n) is 5.69. The van der Waals surface area contributed by atoms with Crippen molar-refractivity contribution in [3.8, 4) is 17.2 Å². The van der Waals surface area contributed by atoms with E-state index < -0.39 is 0 Å². The Kier molecular flexibility index (Phi) is 7.91. The summed E-state index contributed by atoms with van der Waals surface area (Å²) in [5.41, 5.74) is 2.67. The molecule has 8 nitrogen and oxygen atoms in total. The van der Waals surface area contributed by atoms with Crippen LogP contribution in [0.4, 0.5) is 11.4 Å². The van der Waals surface area contributed by atoms with Crippen LogP contribution in [0.1, 0.15) is 19.4 Å². The number of para-hydroxylation sites is 1. The predicted octanol–water partition coefficient (Wildman–Crippen LogP) is 3.15. The summed E-state index contributed by atoms with van der Waals surface area (Å²) >= 11 is 0. The molecular weight excluding hydrogens is 422 g/mol. The van der Waals surface area contributed by atoms with Crippen molar-refractivity contribution in [1.82, 2.24) is 4.90 Å². The van der Waals surface area contributed by atoms with E-state index in [1.165, 1.54) is 0 Å². The molecule has 0 unspecified atom stereocenters. The van der Waals surface area contributed by atoms with Crippen LogP contribution < -0.4 is 24.4 Å². The lowest BCUT2D eigenvalue weighted by Crippen LogP contribution is -2.36. The van der Waals surface area contributed by atoms with Crippen LogP contribution in [-0.4, -0.2) is 70.0 Å². The second-order valence-electron chi connectivity index (χ2n) is 8.00. The van der Waals surface area contributed by atoms with Crippen molar-refractivity contribution >= 4 is 17.3 Å². The van der Waals surface area contributed by atoms with Gasteiger partial charge in [-0.25, -0.2) is 0 Å². The van der Waals surface area contributed by atoms with Gasteiger partial charge in [-0.15, -0.1) is 0 Å². The molecule has 2 aromatic rings. The van der Waals surface area contributed by atoms with Gasteiger partial charge in [0.1, 0.15) is 23.9 Å². The first-order chi connectivity index (χ1) is 16.2. The van der Waals surface area contributed by atoms with Crippen molar-refractivity contribution in [2.24, 2.45) is 0 Å². The van der Waals surface area contributed by atoms with Gasteiger partial charge in [-0.05, 0) is 19.9 Å². The molecule has 1 amide bonds. The van der Waals surface area contributed by atoms with E-state index >= 15 is 0 Å². The summed E-state index contributed by atoms with van der Waals surface area (Å²) in [6.07, 6.45) is 0. The first-order valence-electron chi connectivity index (χ1n) is 11.7. The first kappa shape index (κ1) is 23.2. The zero-order valence-electron chi connectivity index (χ0n) is 19.5. The minimum absolute atomic E-state index is 0.100. The van der Waals surface area contributed by atoms with Gasteiger partial charge in [0, 0.05) is 43.9 Å². The number of nitrogens with one attached hydrogen (secondary N) is 1. The third kappa shape index (κ3) is 5.89. The molecule has 1 N–H and O–H groups in total. The monoisotopic (exact) mass is 455 g/mol. The van der Waals surface area contributed by atoms with Crippen LogP contribution >= 0.6 is 0 Å². The quantitative estimate of drug-likeness (QED) is 0.656. The van der Waals surface area contributed by atoms with Crippen LogP contribution in [0.3, 0.4) is 0 Å². The molecule has 0 bridgehead atoms. The Morgan fingerprint density at radius 1 is 1.00 bits per heavy atom. The number of nitrogens with zero attached hydrogens (tertiary/aromatic N) is 2. The Bertz CT molecular complexity index is 946. The molecule has 0 aliphatic carbocycles. The number of carbonyl (C=O) groups is 1. The van der Waals surface area contributed by atoms with Gasteiger partial charge in [-0.2, -0.15) is 0 Å². The zero-order valence-corrected chi connectivity index (χ0v) is 19.5. The molecule has 4 rings (SSSR count). The summed E-state index contributed by atoms with van der Waals surface area (Å²) in [4.78, 5) is 17.3. The molecule has 2 aliphatic rings. The van der Waals surface area contributed by atoms with E-state index in [2.05, 4.69) is 15.1 Å². The Morgan fingerprint density at radius 2 is 1.76 bits per heavy atom. The number of amides is 1. The molecule has 2 aromatic carbocycles. The molecule has 178 valence electrons. The maximum Gasteiger partial charge on any atom is 0.238 e. The van der Waals surface area contributed by atoms with Gasteiger partial charge in [0.15, 0.2) is 0 Å². The van der Waals surface area contributed by atoms with Gasteiger partial charge >= 0.3 is 0 Å². The minimum atomic E-state index is -0.100. The zero-order chi connectivity index (χ0) is 23.0. The summed E-state index contributed by atoms with van der Waals surface area (Å²) in [7, 11) is 0. The van der Waals surface area contributed by atoms with Crippen molar-refractivity contribution in [2.75, 3.05) is 69.4 Å². The number of hydrogen-bond acceptors (Lipinski definition) is 7. The Morgan fingerprint density at radius 3 is 2.55 bits per heavy atom. The number of carbonyl (C=O) groups excluding carboxylic acids is 1. The summed E-state index contributed by atoms with van der Waals surface area (Å²) in [5.74, 6) is 2.16. The number of ether oxygens (including phenoxy) is 4. The highest BCUT2D eigenvalue weighted by Gasteiger charge is 2.22. The fraction of sp³-hybridized carbons (Fsp3) is 0.480. The second kappa shape index (κ2) is 11.2. The van der Waals surface area contributed by atoms with Crippen LogP contribution in [0, 0.1) is 0 Å². The smallest absolute Gasteiger partial charge is 0.238 e. The summed E-state index contributed by atoms with van der Waals surface area (Å²) < 4.78 is 23.1. The molecule has 0 spiro atoms. The fourth-order valence-electron chi connectivity index (χ4n) is 4.15. The van der Waals surface area contributed by atoms with Crippen molar-refractivity contribution in [3.63, 3.8) is 0 Å². The highest BCUT2D eigenvalue weighted by atomic mass is 16.5. The SMILES string of the molecule is CCOc1cc(N2CCOCC2)c(OCC)cc1NC(=O)CN1CCOc2ccccc2C1. The molecule has 0 saturated carbocycles. The topological polar surface area (TPSA) is 72.5 Å². The molecule has 2 aliphatic heterocycles. The van der Waals surface area contributed by atoms with Gasteiger partial charge in [0.05, 0.1) is 44.3 Å². The number of rotatable bonds is 8. The molecule has 0 aromatic heterocycles. The lowest BCUT2D eigenvalue weighted by molar-refractivity contribution is -0.117. The van der Waals surface area contributed by atoms with E-state index in [0.29, 0.717) is 57.6 Å². The number of fused-ring (bicyclic) bond motifs is 1. The summed E-state index contributed by atoms with van der Waals surface area (Å²) in [6, 6.07) is 11.8. The normalized spacial score (nSPS) is 16.4. The first-order valence-corrected chi connectivity index (χ1v) is 11.7. The number of hydrogen-bond donors (Lipinski definition) is 1. The Labute approximate surface area is 195 Å². The van der Waals surface area contributed by atoms with Crippen molar-refractivity contribution in [3.05, 3.63) is 42.0 Å². The second-order valence-corrected chi connectivity index (χ2v) is 8.00. The highest BCUT2D eigenvalue weighted by Crippen LogP contribution is 2.39. The van der Waals surface area contributed by atoms with Crippen molar-refractivity contribution in [1.29, 1.82) is 0 Å². The number of morpholine rings is 1. The van der Waals surface area contributed by atoms with E-state index in [1.54, 1.807) is 0 Å². The van der Waals surface area contributed by atoms with E-state index in [-0.39, 0.29) is 12.5 Å². The van der Waals surface area contributed by atoms with E-state index in [4.69, 9.17) is 18.9 Å². The molecule has 2 heterocycles. The van der Waals surface area contributed by atoms with Crippen LogP contribution in [0.2, 0.25) is 0 Å². The van der Waals surface area contributed by atoms with E-state index in [9.17, 15) is 4.79 Å². The molecule has 33 heavy (non-hydrogen) atoms. The van der Waals surface area contributed by atoms with Gasteiger partial charge in [-0.3, -0.25) is 9.69 Å². The third-order valence-corrected chi connectivity index (χ3v) is 5.69. The molecule has 1 saturated heterocycles. The van der Waals surface area contributed by atoms with E-state index in [0.717, 1.165) is 35.8 Å². The molecule has 8 heteroatoms. The average Bonchev–Trinajstić information content (AvgIpc) is 3.03. The Balaban J connectivity index is 1.51. The largest absolute Gasteiger partial charge is 0.492 e. The molecule has 0 radical (unpaired) electrons. The standard InChI is InChI=1S/C25H33N3O5/c1-3-31-23-16-21(28-10-12-30-13-11-28)24(32-4-2)15-20(23)26-25(29)18-27-9-14-33-22-8-6-5-7-19(22)17-27/h5-8,15-16H,3-4,9-14,17-18H2,1-2H3,(H,26,29). The molecular formula is C25H33N3O5. The van der Waals surface area contributed by atoms with Gasteiger partial charge in [-0.1, -0.05) is 18.2 Å². The number of benzene rings is 2. The Hall–Kier alpha value is -2.97. The lowest BCUT2D eigenvalue weighted by Gasteiger charge is -2.31. The van der Waals surface area contributed by atoms with Crippen LogP contribution in [0.15, 0.2) is 36.4 Å². The molecule has 0 atom stereocenters. The van der Waals surface area contributed by atoms with Gasteiger partial charge in [0.2, 0.25) is 5.91 Å². The molecule has 1 fully saturated rings. The lowest BCUT2D eigenvalue weighted by atomic mass is 10.2. The summed E-state index contributed by atoms with van der Waals surface area (Å²) in [6.45, 7) is 10.0. The van der Waals surface area contributed by atoms with Gasteiger partial charge in [0.25, 0.3) is 0 Å². The number of anilines is 2. The van der Waals surface area contributed by atoms with Crippen molar-refractivity contribution in [2.45, 2.75) is 20.4 Å². The van der Waals surface area contributed by atoms with E-state index in [1.807, 2.05) is 50.2 Å². The fourth-order valence-corrected chi connectivity index (χ4v) is 4.15. The summed E-state index contributed by atoms with van der Waals surface area (Å²) in [5, 5.41) is 3.05.